The zero-order valence-electron chi connectivity index (χ0n) is 6.03. The average molecular weight is 179 g/mol. The third kappa shape index (κ3) is 4.87. The van der Waals surface area contributed by atoms with Crippen LogP contribution in [-0.2, 0) is 9.09 Å². The SMILES string of the molecule is CCOP(C)(=O)CSC#N. The van der Waals surface area contributed by atoms with Crippen molar-refractivity contribution in [1.29, 1.82) is 5.26 Å². The lowest BCUT2D eigenvalue weighted by molar-refractivity contribution is 0.340. The number of thiocyanates is 1. The van der Waals surface area contributed by atoms with Crippen LogP contribution < -0.4 is 0 Å². The molecule has 0 radical (unpaired) electrons. The van der Waals surface area contributed by atoms with Crippen molar-refractivity contribution in [2.24, 2.45) is 0 Å². The predicted molar refractivity (Wildman–Crippen MR) is 43.2 cm³/mol. The highest BCUT2D eigenvalue weighted by Crippen LogP contribution is 2.45. The van der Waals surface area contributed by atoms with Gasteiger partial charge in [-0.3, -0.25) is 4.57 Å². The van der Waals surface area contributed by atoms with Gasteiger partial charge in [0.2, 0.25) is 7.37 Å². The lowest BCUT2D eigenvalue weighted by Crippen LogP contribution is -1.89. The van der Waals surface area contributed by atoms with Gasteiger partial charge in [-0.1, -0.05) is 0 Å². The molecule has 0 aromatic carbocycles. The number of hydrogen-bond donors (Lipinski definition) is 0. The average Bonchev–Trinajstić information content (AvgIpc) is 1.84. The highest BCUT2D eigenvalue weighted by Gasteiger charge is 2.13. The first-order valence-electron chi connectivity index (χ1n) is 2.84. The van der Waals surface area contributed by atoms with Gasteiger partial charge in [0.1, 0.15) is 5.40 Å². The molecular weight excluding hydrogens is 169 g/mol. The van der Waals surface area contributed by atoms with E-state index in [2.05, 4.69) is 0 Å². The topological polar surface area (TPSA) is 50.1 Å². The summed E-state index contributed by atoms with van der Waals surface area (Å²) >= 11 is 0.972. The van der Waals surface area contributed by atoms with Gasteiger partial charge in [0.05, 0.1) is 12.1 Å². The van der Waals surface area contributed by atoms with E-state index in [-0.39, 0.29) is 5.49 Å². The summed E-state index contributed by atoms with van der Waals surface area (Å²) in [5, 5.41) is 9.98. The zero-order valence-corrected chi connectivity index (χ0v) is 7.74. The molecule has 0 rings (SSSR count). The molecule has 0 amide bonds. The smallest absolute Gasteiger partial charge is 0.210 e. The minimum absolute atomic E-state index is 0.289. The first kappa shape index (κ1) is 10.0. The van der Waals surface area contributed by atoms with Crippen molar-refractivity contribution in [3.63, 3.8) is 0 Å². The Morgan fingerprint density at radius 1 is 1.80 bits per heavy atom. The van der Waals surface area contributed by atoms with Gasteiger partial charge in [-0.25, -0.2) is 0 Å². The van der Waals surface area contributed by atoms with E-state index in [1.54, 1.807) is 13.6 Å². The van der Waals surface area contributed by atoms with E-state index in [0.717, 1.165) is 11.8 Å². The first-order valence-corrected chi connectivity index (χ1v) is 6.08. The fourth-order valence-corrected chi connectivity index (χ4v) is 2.47. The number of rotatable bonds is 4. The van der Waals surface area contributed by atoms with Gasteiger partial charge in [-0.15, -0.1) is 0 Å². The quantitative estimate of drug-likeness (QED) is 0.489. The van der Waals surface area contributed by atoms with E-state index in [0.29, 0.717) is 6.61 Å². The Labute approximate surface area is 65.2 Å². The molecule has 1 atom stereocenters. The number of thioether (sulfide) groups is 1. The van der Waals surface area contributed by atoms with Crippen LogP contribution in [0.2, 0.25) is 0 Å². The molecule has 3 nitrogen and oxygen atoms in total. The molecule has 0 aliphatic heterocycles. The van der Waals surface area contributed by atoms with Gasteiger partial charge < -0.3 is 4.52 Å². The van der Waals surface area contributed by atoms with Crippen LogP contribution in [0.1, 0.15) is 6.92 Å². The summed E-state index contributed by atoms with van der Waals surface area (Å²) in [7, 11) is -2.47. The van der Waals surface area contributed by atoms with Crippen LogP contribution in [0.15, 0.2) is 0 Å². The molecule has 0 saturated heterocycles. The second-order valence-corrected chi connectivity index (χ2v) is 5.59. The molecular formula is C5H10NO2PS. The zero-order chi connectivity index (χ0) is 8.04. The molecule has 0 fully saturated rings. The van der Waals surface area contributed by atoms with E-state index in [4.69, 9.17) is 9.79 Å². The van der Waals surface area contributed by atoms with Crippen molar-refractivity contribution in [2.75, 3.05) is 18.8 Å². The summed E-state index contributed by atoms with van der Waals surface area (Å²) < 4.78 is 16.1. The second-order valence-electron chi connectivity index (χ2n) is 1.80. The van der Waals surface area contributed by atoms with E-state index in [1.807, 2.05) is 5.40 Å². The normalized spacial score (nSPS) is 15.7. The maximum absolute atomic E-state index is 11.2. The van der Waals surface area contributed by atoms with Crippen LogP contribution in [0.3, 0.4) is 0 Å². The molecule has 0 aliphatic carbocycles. The van der Waals surface area contributed by atoms with Crippen molar-refractivity contribution in [3.05, 3.63) is 0 Å². The van der Waals surface area contributed by atoms with Crippen molar-refractivity contribution in [2.45, 2.75) is 6.92 Å². The van der Waals surface area contributed by atoms with E-state index >= 15 is 0 Å². The summed E-state index contributed by atoms with van der Waals surface area (Å²) in [6.07, 6.45) is 0. The first-order chi connectivity index (χ1) is 4.62. The van der Waals surface area contributed by atoms with Gasteiger partial charge in [-0.05, 0) is 18.7 Å². The minimum Gasteiger partial charge on any atom is -0.328 e. The maximum atomic E-state index is 11.2. The van der Waals surface area contributed by atoms with E-state index in [1.165, 1.54) is 0 Å². The van der Waals surface area contributed by atoms with Gasteiger partial charge in [0, 0.05) is 6.66 Å². The molecule has 0 aromatic rings. The Kier molecular flexibility index (Phi) is 4.80. The second kappa shape index (κ2) is 4.79. The largest absolute Gasteiger partial charge is 0.328 e. The lowest BCUT2D eigenvalue weighted by Gasteiger charge is -2.08. The Balaban J connectivity index is 3.67. The third-order valence-electron chi connectivity index (χ3n) is 0.766. The Bertz CT molecular complexity index is 177. The lowest BCUT2D eigenvalue weighted by atomic mass is 10.9. The van der Waals surface area contributed by atoms with Crippen LogP contribution in [0.5, 0.6) is 0 Å². The molecule has 0 aliphatic rings. The minimum atomic E-state index is -2.47. The summed E-state index contributed by atoms with van der Waals surface area (Å²) in [5.41, 5.74) is 0.289. The fourth-order valence-electron chi connectivity index (χ4n) is 0.456. The molecule has 0 aromatic heterocycles. The Morgan fingerprint density at radius 3 is 2.80 bits per heavy atom. The number of nitrogens with zero attached hydrogens (tertiary/aromatic N) is 1. The van der Waals surface area contributed by atoms with E-state index < -0.39 is 7.37 Å². The summed E-state index contributed by atoms with van der Waals surface area (Å²) in [4.78, 5) is 0. The van der Waals surface area contributed by atoms with Gasteiger partial charge in [0.25, 0.3) is 0 Å². The molecule has 0 heterocycles. The van der Waals surface area contributed by atoms with Crippen molar-refractivity contribution < 1.29 is 9.09 Å². The van der Waals surface area contributed by atoms with Crippen molar-refractivity contribution >= 4 is 19.1 Å². The third-order valence-corrected chi connectivity index (χ3v) is 4.09. The monoisotopic (exact) mass is 179 g/mol. The van der Waals surface area contributed by atoms with Gasteiger partial charge in [-0.2, -0.15) is 5.26 Å². The molecule has 0 saturated carbocycles. The molecule has 10 heavy (non-hydrogen) atoms. The molecule has 1 unspecified atom stereocenters. The molecule has 0 spiro atoms. The molecule has 0 N–H and O–H groups in total. The van der Waals surface area contributed by atoms with Crippen LogP contribution in [0.4, 0.5) is 0 Å². The predicted octanol–water partition coefficient (Wildman–Crippen LogP) is 2.10. The summed E-state index contributed by atoms with van der Waals surface area (Å²) in [6.45, 7) is 3.77. The highest BCUT2D eigenvalue weighted by atomic mass is 32.2. The summed E-state index contributed by atoms with van der Waals surface area (Å²) in [6, 6.07) is 0. The molecule has 0 bridgehead atoms. The molecule has 5 heteroatoms. The Morgan fingerprint density at radius 2 is 2.40 bits per heavy atom. The van der Waals surface area contributed by atoms with Crippen LogP contribution >= 0.6 is 19.1 Å². The number of nitriles is 1. The van der Waals surface area contributed by atoms with Crippen LogP contribution in [-0.4, -0.2) is 18.8 Å². The number of hydrogen-bond acceptors (Lipinski definition) is 4. The van der Waals surface area contributed by atoms with Crippen LogP contribution in [0.25, 0.3) is 0 Å². The Hall–Kier alpha value is 0.0300. The fraction of sp³-hybridized carbons (Fsp3) is 0.800. The van der Waals surface area contributed by atoms with E-state index in [9.17, 15) is 4.57 Å². The van der Waals surface area contributed by atoms with Crippen molar-refractivity contribution in [3.8, 4) is 5.40 Å². The van der Waals surface area contributed by atoms with Crippen LogP contribution in [0, 0.1) is 10.7 Å². The van der Waals surface area contributed by atoms with Gasteiger partial charge in [0.15, 0.2) is 0 Å². The van der Waals surface area contributed by atoms with Crippen molar-refractivity contribution in [1.82, 2.24) is 0 Å². The molecule has 58 valence electrons. The maximum Gasteiger partial charge on any atom is 0.210 e. The summed E-state index contributed by atoms with van der Waals surface area (Å²) in [5.74, 6) is 0. The standard InChI is InChI=1S/C5H10NO2PS/c1-3-8-9(2,7)5-10-4-6/h3,5H2,1-2H3. The van der Waals surface area contributed by atoms with Gasteiger partial charge >= 0.3 is 0 Å². The highest BCUT2D eigenvalue weighted by molar-refractivity contribution is 8.08.